The molecule has 0 saturated heterocycles. The Morgan fingerprint density at radius 1 is 1.33 bits per heavy atom. The number of nitrogens with zero attached hydrogens (tertiary/aromatic N) is 4. The van der Waals surface area contributed by atoms with Gasteiger partial charge < -0.3 is 4.90 Å². The topological polar surface area (TPSA) is 51.0 Å². The molecule has 1 saturated carbocycles. The Hall–Kier alpha value is -1.69. The van der Waals surface area contributed by atoms with E-state index >= 15 is 0 Å². The summed E-state index contributed by atoms with van der Waals surface area (Å²) in [6.45, 7) is 2.57. The molecule has 0 bridgehead atoms. The van der Waals surface area contributed by atoms with Gasteiger partial charge in [-0.15, -0.1) is 11.3 Å². The van der Waals surface area contributed by atoms with Gasteiger partial charge in [0.05, 0.1) is 23.4 Å². The molecule has 128 valence electrons. The van der Waals surface area contributed by atoms with Crippen molar-refractivity contribution in [3.8, 4) is 0 Å². The maximum atomic E-state index is 13.2. The number of amides is 1. The third-order valence-corrected chi connectivity index (χ3v) is 6.40. The average Bonchev–Trinajstić information content (AvgIpc) is 3.32. The van der Waals surface area contributed by atoms with Crippen LogP contribution in [0.3, 0.4) is 0 Å². The summed E-state index contributed by atoms with van der Waals surface area (Å²) in [5.41, 5.74) is 6.47. The van der Waals surface area contributed by atoms with Crippen LogP contribution in [0.25, 0.3) is 0 Å². The Balaban J connectivity index is 1.65. The van der Waals surface area contributed by atoms with Crippen LogP contribution in [-0.2, 0) is 26.4 Å². The maximum absolute atomic E-state index is 13.2. The summed E-state index contributed by atoms with van der Waals surface area (Å²) < 4.78 is 2.02. The van der Waals surface area contributed by atoms with Crippen molar-refractivity contribution < 1.29 is 4.79 Å². The minimum Gasteiger partial charge on any atom is -0.329 e. The van der Waals surface area contributed by atoms with Gasteiger partial charge in [-0.3, -0.25) is 9.48 Å². The fraction of sp³-hybridized carbons (Fsp3) is 0.611. The standard InChI is InChI=1S/C18H24N4OS/c1-12-17(24-11-19-12)18(23)22(13-6-3-4-7-13)10-15-14-8-5-9-16(14)21(2)20-15/h11,13H,3-10H2,1-2H3. The summed E-state index contributed by atoms with van der Waals surface area (Å²) >= 11 is 1.46. The first-order chi connectivity index (χ1) is 11.6. The van der Waals surface area contributed by atoms with E-state index in [2.05, 4.69) is 9.88 Å². The number of rotatable bonds is 4. The van der Waals surface area contributed by atoms with Crippen LogP contribution in [0.15, 0.2) is 5.51 Å². The lowest BCUT2D eigenvalue weighted by Crippen LogP contribution is -2.38. The van der Waals surface area contributed by atoms with Crippen LogP contribution in [0.4, 0.5) is 0 Å². The molecule has 2 heterocycles. The maximum Gasteiger partial charge on any atom is 0.266 e. The lowest BCUT2D eigenvalue weighted by molar-refractivity contribution is 0.0665. The van der Waals surface area contributed by atoms with E-state index in [1.54, 1.807) is 5.51 Å². The lowest BCUT2D eigenvalue weighted by atomic mass is 10.1. The third-order valence-electron chi connectivity index (χ3n) is 5.48. The second kappa shape index (κ2) is 6.31. The first kappa shape index (κ1) is 15.8. The molecular weight excluding hydrogens is 320 g/mol. The van der Waals surface area contributed by atoms with Gasteiger partial charge in [-0.05, 0) is 44.6 Å². The first-order valence-electron chi connectivity index (χ1n) is 8.90. The summed E-state index contributed by atoms with van der Waals surface area (Å²) in [5.74, 6) is 0.138. The van der Waals surface area contributed by atoms with Crippen molar-refractivity contribution in [1.82, 2.24) is 19.7 Å². The molecule has 6 heteroatoms. The molecule has 24 heavy (non-hydrogen) atoms. The SMILES string of the molecule is Cc1ncsc1C(=O)N(Cc1nn(C)c2c1CCC2)C1CCCC1. The van der Waals surface area contributed by atoms with Crippen LogP contribution in [0.1, 0.15) is 64.4 Å². The molecule has 2 aliphatic rings. The van der Waals surface area contributed by atoms with Gasteiger partial charge in [0, 0.05) is 18.8 Å². The zero-order valence-corrected chi connectivity index (χ0v) is 15.2. The molecule has 2 aromatic rings. The number of hydrogen-bond donors (Lipinski definition) is 0. The van der Waals surface area contributed by atoms with Gasteiger partial charge in [0.1, 0.15) is 4.88 Å². The first-order valence-corrected chi connectivity index (χ1v) is 9.78. The molecule has 2 aromatic heterocycles. The van der Waals surface area contributed by atoms with Crippen molar-refractivity contribution in [2.24, 2.45) is 7.05 Å². The summed E-state index contributed by atoms with van der Waals surface area (Å²) in [6.07, 6.45) is 8.08. The number of carbonyl (C=O) groups is 1. The minimum absolute atomic E-state index is 0.138. The Kier molecular flexibility index (Phi) is 4.16. The summed E-state index contributed by atoms with van der Waals surface area (Å²) in [5, 5.41) is 4.74. The van der Waals surface area contributed by atoms with Crippen molar-refractivity contribution in [1.29, 1.82) is 0 Å². The van der Waals surface area contributed by atoms with Gasteiger partial charge in [0.2, 0.25) is 0 Å². The van der Waals surface area contributed by atoms with Gasteiger partial charge in [-0.25, -0.2) is 4.98 Å². The number of carbonyl (C=O) groups excluding carboxylic acids is 1. The zero-order valence-electron chi connectivity index (χ0n) is 14.4. The highest BCUT2D eigenvalue weighted by molar-refractivity contribution is 7.11. The Morgan fingerprint density at radius 2 is 2.12 bits per heavy atom. The van der Waals surface area contributed by atoms with Crippen LogP contribution in [0.2, 0.25) is 0 Å². The Labute approximate surface area is 146 Å². The van der Waals surface area contributed by atoms with E-state index in [0.29, 0.717) is 12.6 Å². The highest BCUT2D eigenvalue weighted by Gasteiger charge is 2.31. The molecule has 0 unspecified atom stereocenters. The summed E-state index contributed by atoms with van der Waals surface area (Å²) in [6, 6.07) is 0.345. The molecule has 0 aromatic carbocycles. The van der Waals surface area contributed by atoms with Crippen LogP contribution < -0.4 is 0 Å². The highest BCUT2D eigenvalue weighted by Crippen LogP contribution is 2.31. The van der Waals surface area contributed by atoms with Gasteiger partial charge in [0.25, 0.3) is 5.91 Å². The van der Waals surface area contributed by atoms with E-state index in [1.165, 1.54) is 41.9 Å². The summed E-state index contributed by atoms with van der Waals surface area (Å²) in [7, 11) is 2.03. The predicted molar refractivity (Wildman–Crippen MR) is 94.2 cm³/mol. The number of aromatic nitrogens is 3. The van der Waals surface area contributed by atoms with Gasteiger partial charge in [0.15, 0.2) is 0 Å². The molecule has 0 atom stereocenters. The van der Waals surface area contributed by atoms with Crippen molar-refractivity contribution in [2.75, 3.05) is 0 Å². The van der Waals surface area contributed by atoms with Crippen molar-refractivity contribution in [3.05, 3.63) is 33.0 Å². The van der Waals surface area contributed by atoms with Crippen LogP contribution in [0, 0.1) is 6.92 Å². The van der Waals surface area contributed by atoms with E-state index < -0.39 is 0 Å². The molecule has 2 aliphatic carbocycles. The fourth-order valence-electron chi connectivity index (χ4n) is 4.21. The third kappa shape index (κ3) is 2.66. The second-order valence-corrected chi connectivity index (χ2v) is 7.84. The summed E-state index contributed by atoms with van der Waals surface area (Å²) in [4.78, 5) is 20.3. The highest BCUT2D eigenvalue weighted by atomic mass is 32.1. The minimum atomic E-state index is 0.138. The van der Waals surface area contributed by atoms with Gasteiger partial charge in [-0.2, -0.15) is 5.10 Å². The molecule has 0 radical (unpaired) electrons. The van der Waals surface area contributed by atoms with Crippen molar-refractivity contribution in [2.45, 2.75) is 64.5 Å². The van der Waals surface area contributed by atoms with Crippen molar-refractivity contribution in [3.63, 3.8) is 0 Å². The number of thiazole rings is 1. The van der Waals surface area contributed by atoms with E-state index in [0.717, 1.165) is 41.9 Å². The number of fused-ring (bicyclic) bond motifs is 1. The second-order valence-electron chi connectivity index (χ2n) is 6.99. The largest absolute Gasteiger partial charge is 0.329 e. The molecule has 4 rings (SSSR count). The van der Waals surface area contributed by atoms with Gasteiger partial charge >= 0.3 is 0 Å². The molecular formula is C18H24N4OS. The van der Waals surface area contributed by atoms with E-state index in [-0.39, 0.29) is 5.91 Å². The van der Waals surface area contributed by atoms with E-state index in [9.17, 15) is 4.79 Å². The Bertz CT molecular complexity index is 757. The Morgan fingerprint density at radius 3 is 2.83 bits per heavy atom. The smallest absolute Gasteiger partial charge is 0.266 e. The predicted octanol–water partition coefficient (Wildman–Crippen LogP) is 3.26. The van der Waals surface area contributed by atoms with Gasteiger partial charge in [-0.1, -0.05) is 12.8 Å². The van der Waals surface area contributed by atoms with Crippen LogP contribution in [-0.4, -0.2) is 31.6 Å². The molecule has 1 amide bonds. The van der Waals surface area contributed by atoms with E-state index in [1.807, 2.05) is 18.7 Å². The molecule has 0 spiro atoms. The monoisotopic (exact) mass is 344 g/mol. The molecule has 5 nitrogen and oxygen atoms in total. The molecule has 0 N–H and O–H groups in total. The quantitative estimate of drug-likeness (QED) is 0.855. The number of aryl methyl sites for hydroxylation is 2. The lowest BCUT2D eigenvalue weighted by Gasteiger charge is -2.28. The molecule has 0 aliphatic heterocycles. The van der Waals surface area contributed by atoms with Crippen LogP contribution >= 0.6 is 11.3 Å². The zero-order chi connectivity index (χ0) is 16.7. The number of hydrogen-bond acceptors (Lipinski definition) is 4. The van der Waals surface area contributed by atoms with Crippen molar-refractivity contribution >= 4 is 17.2 Å². The van der Waals surface area contributed by atoms with E-state index in [4.69, 9.17) is 5.10 Å². The normalized spacial score (nSPS) is 17.4. The fourth-order valence-corrected chi connectivity index (χ4v) is 4.96. The molecule has 1 fully saturated rings. The average molecular weight is 344 g/mol. The van der Waals surface area contributed by atoms with Crippen LogP contribution in [0.5, 0.6) is 0 Å².